The Bertz CT molecular complexity index is 1390. The summed E-state index contributed by atoms with van der Waals surface area (Å²) in [6.45, 7) is 1.84. The predicted octanol–water partition coefficient (Wildman–Crippen LogP) is 6.87. The number of ether oxygens (including phenoxy) is 3. The molecule has 0 saturated heterocycles. The molecule has 2 N–H and O–H groups in total. The molecular formula is C30H28N2O5S. The fourth-order valence-corrected chi connectivity index (χ4v) is 4.49. The highest BCUT2D eigenvalue weighted by molar-refractivity contribution is 8.00. The number of nitrogens with one attached hydrogen (secondary N) is 2. The topological polar surface area (TPSA) is 85.9 Å². The molecule has 0 aliphatic heterocycles. The number of carbonyl (C=O) groups is 2. The number of rotatable bonds is 10. The van der Waals surface area contributed by atoms with Gasteiger partial charge in [0.25, 0.3) is 5.91 Å². The van der Waals surface area contributed by atoms with E-state index >= 15 is 0 Å². The van der Waals surface area contributed by atoms with E-state index in [1.54, 1.807) is 43.5 Å². The second-order valence-corrected chi connectivity index (χ2v) is 9.65. The van der Waals surface area contributed by atoms with Crippen molar-refractivity contribution in [2.75, 3.05) is 24.9 Å². The third kappa shape index (κ3) is 7.08. The monoisotopic (exact) mass is 528 g/mol. The number of methoxy groups -OCH3 is 2. The van der Waals surface area contributed by atoms with E-state index in [4.69, 9.17) is 14.2 Å². The Morgan fingerprint density at radius 1 is 0.711 bits per heavy atom. The van der Waals surface area contributed by atoms with Gasteiger partial charge in [-0.2, -0.15) is 0 Å². The van der Waals surface area contributed by atoms with Gasteiger partial charge in [-0.3, -0.25) is 9.59 Å². The van der Waals surface area contributed by atoms with Gasteiger partial charge < -0.3 is 24.8 Å². The van der Waals surface area contributed by atoms with E-state index in [1.807, 2.05) is 67.6 Å². The van der Waals surface area contributed by atoms with Crippen LogP contribution in [0.2, 0.25) is 0 Å². The zero-order chi connectivity index (χ0) is 26.9. The van der Waals surface area contributed by atoms with Crippen molar-refractivity contribution in [1.29, 1.82) is 0 Å². The van der Waals surface area contributed by atoms with Crippen LogP contribution in [0.5, 0.6) is 23.0 Å². The Labute approximate surface area is 226 Å². The lowest BCUT2D eigenvalue weighted by Gasteiger charge is -2.14. The summed E-state index contributed by atoms with van der Waals surface area (Å²) in [6, 6.07) is 29.1. The minimum Gasteiger partial charge on any atom is -0.493 e. The number of carbonyl (C=O) groups excluding carboxylic acids is 2. The molecular weight excluding hydrogens is 500 g/mol. The van der Waals surface area contributed by atoms with Gasteiger partial charge in [0.05, 0.1) is 19.5 Å². The lowest BCUT2D eigenvalue weighted by atomic mass is 10.2. The van der Waals surface area contributed by atoms with Crippen LogP contribution in [0.3, 0.4) is 0 Å². The molecule has 0 saturated carbocycles. The van der Waals surface area contributed by atoms with Crippen molar-refractivity contribution >= 4 is 35.0 Å². The Hall–Kier alpha value is -4.43. The van der Waals surface area contributed by atoms with Crippen LogP contribution in [0.4, 0.5) is 11.4 Å². The van der Waals surface area contributed by atoms with Crippen LogP contribution in [-0.4, -0.2) is 31.3 Å². The normalized spacial score (nSPS) is 11.2. The van der Waals surface area contributed by atoms with Crippen molar-refractivity contribution in [3.8, 4) is 23.0 Å². The average molecular weight is 529 g/mol. The molecule has 7 nitrogen and oxygen atoms in total. The molecule has 4 rings (SSSR count). The maximum absolute atomic E-state index is 12.8. The highest BCUT2D eigenvalue weighted by atomic mass is 32.2. The van der Waals surface area contributed by atoms with Gasteiger partial charge in [-0.05, 0) is 79.7 Å². The van der Waals surface area contributed by atoms with E-state index in [2.05, 4.69) is 10.6 Å². The Kier molecular flexibility index (Phi) is 8.89. The largest absolute Gasteiger partial charge is 0.493 e. The van der Waals surface area contributed by atoms with Gasteiger partial charge in [-0.15, -0.1) is 11.8 Å². The fraction of sp³-hybridized carbons (Fsp3) is 0.133. The summed E-state index contributed by atoms with van der Waals surface area (Å²) in [5, 5.41) is 5.46. The quantitative estimate of drug-likeness (QED) is 0.219. The first-order chi connectivity index (χ1) is 18.4. The molecule has 2 amide bonds. The summed E-state index contributed by atoms with van der Waals surface area (Å²) in [5.41, 5.74) is 1.74. The molecule has 1 atom stereocenters. The summed E-state index contributed by atoms with van der Waals surface area (Å²) in [4.78, 5) is 26.4. The molecule has 38 heavy (non-hydrogen) atoms. The van der Waals surface area contributed by atoms with Crippen molar-refractivity contribution in [3.63, 3.8) is 0 Å². The zero-order valence-corrected chi connectivity index (χ0v) is 22.1. The van der Waals surface area contributed by atoms with Gasteiger partial charge >= 0.3 is 0 Å². The maximum atomic E-state index is 12.8. The molecule has 0 aliphatic rings. The molecule has 4 aromatic carbocycles. The molecule has 0 spiro atoms. The van der Waals surface area contributed by atoms with Gasteiger partial charge in [-0.25, -0.2) is 0 Å². The Morgan fingerprint density at radius 3 is 2.13 bits per heavy atom. The van der Waals surface area contributed by atoms with E-state index in [-0.39, 0.29) is 17.1 Å². The lowest BCUT2D eigenvalue weighted by Crippen LogP contribution is -2.22. The van der Waals surface area contributed by atoms with Crippen molar-refractivity contribution in [1.82, 2.24) is 0 Å². The third-order valence-electron chi connectivity index (χ3n) is 5.52. The Balaban J connectivity index is 1.33. The van der Waals surface area contributed by atoms with Crippen molar-refractivity contribution in [2.45, 2.75) is 17.1 Å². The molecule has 0 bridgehead atoms. The number of amides is 2. The molecule has 194 valence electrons. The third-order valence-corrected chi connectivity index (χ3v) is 6.61. The minimum atomic E-state index is -0.368. The van der Waals surface area contributed by atoms with Crippen molar-refractivity contribution in [2.24, 2.45) is 0 Å². The standard InChI is InChI=1S/C30H28N2O5S/c1-20(29(33)31-22-13-15-25(16-14-22)37-24-9-5-4-6-10-24)38-26-11-7-8-23(19-26)32-30(34)21-12-17-27(35-2)28(18-21)36-3/h4-20H,1-3H3,(H,31,33)(H,32,34). The van der Waals surface area contributed by atoms with Crippen LogP contribution in [0.15, 0.2) is 102 Å². The van der Waals surface area contributed by atoms with E-state index in [0.29, 0.717) is 34.2 Å². The van der Waals surface area contributed by atoms with Crippen LogP contribution in [-0.2, 0) is 4.79 Å². The van der Waals surface area contributed by atoms with Gasteiger partial charge in [-0.1, -0.05) is 24.3 Å². The summed E-state index contributed by atoms with van der Waals surface area (Å²) in [6.07, 6.45) is 0. The highest BCUT2D eigenvalue weighted by Gasteiger charge is 2.16. The number of para-hydroxylation sites is 1. The molecule has 1 unspecified atom stereocenters. The van der Waals surface area contributed by atoms with Gasteiger partial charge in [0, 0.05) is 21.8 Å². The molecule has 0 aromatic heterocycles. The number of hydrogen-bond donors (Lipinski definition) is 2. The van der Waals surface area contributed by atoms with Crippen molar-refractivity contribution < 1.29 is 23.8 Å². The molecule has 8 heteroatoms. The zero-order valence-electron chi connectivity index (χ0n) is 21.3. The molecule has 0 radical (unpaired) electrons. The van der Waals surface area contributed by atoms with Crippen LogP contribution >= 0.6 is 11.8 Å². The maximum Gasteiger partial charge on any atom is 0.255 e. The number of anilines is 2. The molecule has 4 aromatic rings. The average Bonchev–Trinajstić information content (AvgIpc) is 2.94. The lowest BCUT2D eigenvalue weighted by molar-refractivity contribution is -0.115. The first-order valence-corrected chi connectivity index (χ1v) is 12.8. The van der Waals surface area contributed by atoms with E-state index < -0.39 is 0 Å². The SMILES string of the molecule is COc1ccc(C(=O)Nc2cccc(SC(C)C(=O)Nc3ccc(Oc4ccccc4)cc3)c2)cc1OC. The van der Waals surface area contributed by atoms with Crippen LogP contribution in [0.25, 0.3) is 0 Å². The van der Waals surface area contributed by atoms with Crippen molar-refractivity contribution in [3.05, 3.63) is 103 Å². The Morgan fingerprint density at radius 2 is 1.42 bits per heavy atom. The second kappa shape index (κ2) is 12.7. The fourth-order valence-electron chi connectivity index (χ4n) is 3.56. The molecule has 0 heterocycles. The van der Waals surface area contributed by atoms with E-state index in [1.165, 1.54) is 18.9 Å². The first-order valence-electron chi connectivity index (χ1n) is 11.9. The van der Waals surface area contributed by atoms with Crippen LogP contribution < -0.4 is 24.8 Å². The summed E-state index contributed by atoms with van der Waals surface area (Å²) >= 11 is 1.40. The van der Waals surface area contributed by atoms with Gasteiger partial charge in [0.2, 0.25) is 5.91 Å². The summed E-state index contributed by atoms with van der Waals surface area (Å²) in [7, 11) is 3.06. The van der Waals surface area contributed by atoms with Crippen LogP contribution in [0.1, 0.15) is 17.3 Å². The number of hydrogen-bond acceptors (Lipinski definition) is 6. The van der Waals surface area contributed by atoms with E-state index in [0.717, 1.165) is 10.6 Å². The van der Waals surface area contributed by atoms with E-state index in [9.17, 15) is 9.59 Å². The summed E-state index contributed by atoms with van der Waals surface area (Å²) < 4.78 is 16.3. The summed E-state index contributed by atoms with van der Waals surface area (Å²) in [5.74, 6) is 2.04. The minimum absolute atomic E-state index is 0.133. The predicted molar refractivity (Wildman–Crippen MR) is 151 cm³/mol. The van der Waals surface area contributed by atoms with Gasteiger partial charge in [0.1, 0.15) is 11.5 Å². The second-order valence-electron chi connectivity index (χ2n) is 8.24. The van der Waals surface area contributed by atoms with Gasteiger partial charge in [0.15, 0.2) is 11.5 Å². The number of benzene rings is 4. The van der Waals surface area contributed by atoms with Crippen LogP contribution in [0, 0.1) is 0 Å². The first kappa shape index (κ1) is 26.6. The number of thioether (sulfide) groups is 1. The smallest absolute Gasteiger partial charge is 0.255 e. The molecule has 0 aliphatic carbocycles. The highest BCUT2D eigenvalue weighted by Crippen LogP contribution is 2.30. The molecule has 0 fully saturated rings.